The molecule has 1 aliphatic carbocycles. The third kappa shape index (κ3) is 6.22. The van der Waals surface area contributed by atoms with Gasteiger partial charge in [0.25, 0.3) is 0 Å². The molecular formula is C17H35N. The largest absolute Gasteiger partial charge is 0.303 e. The van der Waals surface area contributed by atoms with E-state index >= 15 is 0 Å². The molecular weight excluding hydrogens is 218 g/mol. The van der Waals surface area contributed by atoms with Crippen LogP contribution in [0, 0.1) is 17.8 Å². The molecule has 0 N–H and O–H groups in total. The first kappa shape index (κ1) is 16.0. The van der Waals surface area contributed by atoms with Gasteiger partial charge in [-0.2, -0.15) is 0 Å². The molecule has 0 heterocycles. The lowest BCUT2D eigenvalue weighted by molar-refractivity contribution is 0.147. The lowest BCUT2D eigenvalue weighted by Gasteiger charge is -2.35. The van der Waals surface area contributed by atoms with Crippen LogP contribution >= 0.6 is 0 Å². The predicted molar refractivity (Wildman–Crippen MR) is 81.9 cm³/mol. The van der Waals surface area contributed by atoms with Gasteiger partial charge in [-0.1, -0.05) is 47.0 Å². The Morgan fingerprint density at radius 3 is 2.06 bits per heavy atom. The molecule has 1 nitrogen and oxygen atoms in total. The van der Waals surface area contributed by atoms with E-state index in [1.807, 2.05) is 0 Å². The molecule has 1 aliphatic rings. The maximum atomic E-state index is 2.61. The molecule has 1 saturated carbocycles. The van der Waals surface area contributed by atoms with Gasteiger partial charge in [0.15, 0.2) is 0 Å². The summed E-state index contributed by atoms with van der Waals surface area (Å²) >= 11 is 0. The Kier molecular flexibility index (Phi) is 7.29. The van der Waals surface area contributed by atoms with Crippen LogP contribution in [0.5, 0.6) is 0 Å². The van der Waals surface area contributed by atoms with Crippen LogP contribution in [-0.2, 0) is 0 Å². The molecule has 0 amide bonds. The van der Waals surface area contributed by atoms with E-state index in [0.29, 0.717) is 0 Å². The van der Waals surface area contributed by atoms with Crippen LogP contribution in [0.15, 0.2) is 0 Å². The third-order valence-corrected chi connectivity index (χ3v) is 4.49. The first-order chi connectivity index (χ1) is 8.49. The summed E-state index contributed by atoms with van der Waals surface area (Å²) in [5.74, 6) is 2.73. The van der Waals surface area contributed by atoms with Crippen molar-refractivity contribution in [1.82, 2.24) is 4.90 Å². The summed E-state index contributed by atoms with van der Waals surface area (Å²) in [5.41, 5.74) is 0. The predicted octanol–water partition coefficient (Wildman–Crippen LogP) is 4.96. The lowest BCUT2D eigenvalue weighted by atomic mass is 9.82. The van der Waals surface area contributed by atoms with Gasteiger partial charge in [-0.05, 0) is 50.5 Å². The first-order valence-corrected chi connectivity index (χ1v) is 8.19. The summed E-state index contributed by atoms with van der Waals surface area (Å²) in [6.07, 6.45) is 10.2. The normalized spacial score (nSPS) is 25.3. The standard InChI is InChI=1S/C17H35N/c1-14(2)7-6-8-16-9-11-17(12-10-16)18(5)13-15(3)4/h14-17H,6-13H2,1-5H3. The Morgan fingerprint density at radius 2 is 1.56 bits per heavy atom. The molecule has 0 spiro atoms. The Bertz CT molecular complexity index is 202. The molecule has 0 bridgehead atoms. The SMILES string of the molecule is CC(C)CCCC1CCC(N(C)CC(C)C)CC1. The summed E-state index contributed by atoms with van der Waals surface area (Å²) in [4.78, 5) is 2.61. The molecule has 18 heavy (non-hydrogen) atoms. The second-order valence-electron chi connectivity index (χ2n) is 7.33. The third-order valence-electron chi connectivity index (χ3n) is 4.49. The smallest absolute Gasteiger partial charge is 0.00925 e. The Morgan fingerprint density at radius 1 is 0.944 bits per heavy atom. The van der Waals surface area contributed by atoms with Gasteiger partial charge < -0.3 is 4.90 Å². The molecule has 0 unspecified atom stereocenters. The molecule has 0 aromatic heterocycles. The fourth-order valence-electron chi connectivity index (χ4n) is 3.41. The van der Waals surface area contributed by atoms with Gasteiger partial charge in [-0.3, -0.25) is 0 Å². The topological polar surface area (TPSA) is 3.24 Å². The van der Waals surface area contributed by atoms with E-state index in [0.717, 1.165) is 23.8 Å². The maximum absolute atomic E-state index is 2.61. The van der Waals surface area contributed by atoms with Crippen LogP contribution in [0.1, 0.15) is 72.6 Å². The minimum absolute atomic E-state index is 0.804. The van der Waals surface area contributed by atoms with Crippen LogP contribution in [0.25, 0.3) is 0 Å². The van der Waals surface area contributed by atoms with Crippen molar-refractivity contribution in [2.45, 2.75) is 78.7 Å². The zero-order valence-electron chi connectivity index (χ0n) is 13.4. The second kappa shape index (κ2) is 8.19. The molecule has 0 aliphatic heterocycles. The number of nitrogens with zero attached hydrogens (tertiary/aromatic N) is 1. The summed E-state index contributed by atoms with van der Waals surface area (Å²) in [6.45, 7) is 10.6. The highest BCUT2D eigenvalue weighted by atomic mass is 15.1. The quantitative estimate of drug-likeness (QED) is 0.620. The fourth-order valence-corrected chi connectivity index (χ4v) is 3.41. The molecule has 1 fully saturated rings. The van der Waals surface area contributed by atoms with Crippen molar-refractivity contribution < 1.29 is 0 Å². The van der Waals surface area contributed by atoms with Gasteiger partial charge in [0.05, 0.1) is 0 Å². The Labute approximate surface area is 115 Å². The zero-order chi connectivity index (χ0) is 13.5. The Hall–Kier alpha value is -0.0400. The van der Waals surface area contributed by atoms with Crippen LogP contribution in [-0.4, -0.2) is 24.5 Å². The van der Waals surface area contributed by atoms with Crippen molar-refractivity contribution in [3.63, 3.8) is 0 Å². The summed E-state index contributed by atoms with van der Waals surface area (Å²) in [5, 5.41) is 0. The van der Waals surface area contributed by atoms with Crippen molar-refractivity contribution >= 4 is 0 Å². The summed E-state index contributed by atoms with van der Waals surface area (Å²) < 4.78 is 0. The number of hydrogen-bond acceptors (Lipinski definition) is 1. The molecule has 0 aromatic carbocycles. The molecule has 1 rings (SSSR count). The van der Waals surface area contributed by atoms with E-state index in [4.69, 9.17) is 0 Å². The van der Waals surface area contributed by atoms with E-state index in [2.05, 4.69) is 39.6 Å². The maximum Gasteiger partial charge on any atom is 0.00925 e. The first-order valence-electron chi connectivity index (χ1n) is 8.19. The van der Waals surface area contributed by atoms with Gasteiger partial charge in [-0.25, -0.2) is 0 Å². The number of hydrogen-bond donors (Lipinski definition) is 0. The van der Waals surface area contributed by atoms with E-state index in [1.54, 1.807) is 0 Å². The second-order valence-corrected chi connectivity index (χ2v) is 7.33. The molecule has 0 saturated heterocycles. The van der Waals surface area contributed by atoms with Gasteiger partial charge in [0.1, 0.15) is 0 Å². The van der Waals surface area contributed by atoms with E-state index in [-0.39, 0.29) is 0 Å². The molecule has 0 radical (unpaired) electrons. The van der Waals surface area contributed by atoms with E-state index in [1.165, 1.54) is 51.5 Å². The van der Waals surface area contributed by atoms with E-state index in [9.17, 15) is 0 Å². The van der Waals surface area contributed by atoms with Crippen LogP contribution in [0.3, 0.4) is 0 Å². The molecule has 0 atom stereocenters. The van der Waals surface area contributed by atoms with Gasteiger partial charge >= 0.3 is 0 Å². The highest BCUT2D eigenvalue weighted by Gasteiger charge is 2.23. The average Bonchev–Trinajstić information content (AvgIpc) is 2.28. The van der Waals surface area contributed by atoms with E-state index < -0.39 is 0 Å². The van der Waals surface area contributed by atoms with Crippen molar-refractivity contribution in [2.75, 3.05) is 13.6 Å². The lowest BCUT2D eigenvalue weighted by Crippen LogP contribution is -2.37. The summed E-state index contributed by atoms with van der Waals surface area (Å²) in [6, 6.07) is 0.869. The van der Waals surface area contributed by atoms with Crippen LogP contribution in [0.2, 0.25) is 0 Å². The molecule has 108 valence electrons. The van der Waals surface area contributed by atoms with Crippen LogP contribution in [0.4, 0.5) is 0 Å². The van der Waals surface area contributed by atoms with Crippen molar-refractivity contribution in [3.05, 3.63) is 0 Å². The fraction of sp³-hybridized carbons (Fsp3) is 1.00. The zero-order valence-corrected chi connectivity index (χ0v) is 13.4. The number of rotatable bonds is 7. The van der Waals surface area contributed by atoms with Crippen molar-refractivity contribution in [3.8, 4) is 0 Å². The summed E-state index contributed by atoms with van der Waals surface area (Å²) in [7, 11) is 2.32. The minimum atomic E-state index is 0.804. The van der Waals surface area contributed by atoms with Gasteiger partial charge in [0, 0.05) is 12.6 Å². The highest BCUT2D eigenvalue weighted by Crippen LogP contribution is 2.31. The Balaban J connectivity index is 2.16. The monoisotopic (exact) mass is 253 g/mol. The average molecular weight is 253 g/mol. The van der Waals surface area contributed by atoms with Crippen molar-refractivity contribution in [2.24, 2.45) is 17.8 Å². The highest BCUT2D eigenvalue weighted by molar-refractivity contribution is 4.78. The minimum Gasteiger partial charge on any atom is -0.303 e. The van der Waals surface area contributed by atoms with Crippen LogP contribution < -0.4 is 0 Å². The molecule has 1 heteroatoms. The van der Waals surface area contributed by atoms with Gasteiger partial charge in [-0.15, -0.1) is 0 Å². The van der Waals surface area contributed by atoms with Gasteiger partial charge in [0.2, 0.25) is 0 Å². The van der Waals surface area contributed by atoms with Crippen molar-refractivity contribution in [1.29, 1.82) is 0 Å². The molecule has 0 aromatic rings.